The van der Waals surface area contributed by atoms with E-state index in [1.54, 1.807) is 4.88 Å². The summed E-state index contributed by atoms with van der Waals surface area (Å²) >= 11 is 1.94. The largest absolute Gasteiger partial charge is 0.310 e. The molecule has 1 saturated carbocycles. The second-order valence-corrected chi connectivity index (χ2v) is 6.57. The topological polar surface area (TPSA) is 24.9 Å². The summed E-state index contributed by atoms with van der Waals surface area (Å²) in [7, 11) is 0. The molecule has 1 unspecified atom stereocenters. The summed E-state index contributed by atoms with van der Waals surface area (Å²) in [6, 6.07) is 0. The molecule has 2 aliphatic carbocycles. The van der Waals surface area contributed by atoms with Crippen LogP contribution in [0.5, 0.6) is 0 Å². The highest BCUT2D eigenvalue weighted by molar-refractivity contribution is 7.11. The van der Waals surface area contributed by atoms with Gasteiger partial charge in [0.05, 0.1) is 5.69 Å². The Morgan fingerprint density at radius 2 is 2.25 bits per heavy atom. The summed E-state index contributed by atoms with van der Waals surface area (Å²) in [5.74, 6) is 1.83. The third kappa shape index (κ3) is 2.46. The lowest BCUT2D eigenvalue weighted by molar-refractivity contribution is 0.501. The summed E-state index contributed by atoms with van der Waals surface area (Å²) < 4.78 is 0. The van der Waals surface area contributed by atoms with Crippen LogP contribution in [0.25, 0.3) is 0 Å². The Bertz CT molecular complexity index is 368. The molecule has 88 valence electrons. The maximum Gasteiger partial charge on any atom is 0.107 e. The monoisotopic (exact) mass is 236 g/mol. The number of aryl methyl sites for hydroxylation is 1. The summed E-state index contributed by atoms with van der Waals surface area (Å²) in [6.45, 7) is 4.54. The zero-order valence-electron chi connectivity index (χ0n) is 9.96. The highest BCUT2D eigenvalue weighted by Gasteiger charge is 2.21. The number of rotatable bonds is 4. The van der Waals surface area contributed by atoms with Gasteiger partial charge in [-0.2, -0.15) is 0 Å². The van der Waals surface area contributed by atoms with Crippen molar-refractivity contribution in [3.05, 3.63) is 15.6 Å². The SMILES string of the molecule is CC1CCc2nc(CNCC3CC3)sc2C1. The standard InChI is InChI=1S/C13H20N2S/c1-9-2-5-11-12(6-9)16-13(15-11)8-14-7-10-3-4-10/h9-10,14H,2-8H2,1H3. The number of aromatic nitrogens is 1. The van der Waals surface area contributed by atoms with Crippen LogP contribution in [0.2, 0.25) is 0 Å². The van der Waals surface area contributed by atoms with E-state index in [0.717, 1.165) is 18.4 Å². The van der Waals surface area contributed by atoms with E-state index in [1.165, 1.54) is 49.4 Å². The number of fused-ring (bicyclic) bond motifs is 1. The summed E-state index contributed by atoms with van der Waals surface area (Å²) in [4.78, 5) is 6.32. The lowest BCUT2D eigenvalue weighted by Crippen LogP contribution is -2.15. The molecule has 1 fully saturated rings. The van der Waals surface area contributed by atoms with Crippen LogP contribution < -0.4 is 5.32 Å². The molecule has 0 spiro atoms. The van der Waals surface area contributed by atoms with Gasteiger partial charge in [0.25, 0.3) is 0 Å². The molecular formula is C13H20N2S. The van der Waals surface area contributed by atoms with Crippen molar-refractivity contribution in [3.8, 4) is 0 Å². The van der Waals surface area contributed by atoms with Crippen molar-refractivity contribution in [2.45, 2.75) is 45.6 Å². The van der Waals surface area contributed by atoms with Crippen LogP contribution in [0.15, 0.2) is 0 Å². The van der Waals surface area contributed by atoms with E-state index >= 15 is 0 Å². The molecule has 1 N–H and O–H groups in total. The van der Waals surface area contributed by atoms with Crippen molar-refractivity contribution >= 4 is 11.3 Å². The molecule has 3 rings (SSSR count). The molecule has 0 aromatic carbocycles. The molecule has 1 aromatic heterocycles. The first-order chi connectivity index (χ1) is 7.81. The van der Waals surface area contributed by atoms with E-state index in [4.69, 9.17) is 4.98 Å². The molecule has 0 radical (unpaired) electrons. The molecule has 2 aliphatic rings. The predicted octanol–water partition coefficient (Wildman–Crippen LogP) is 2.77. The average Bonchev–Trinajstić information content (AvgIpc) is 2.98. The van der Waals surface area contributed by atoms with Crippen LogP contribution in [0, 0.1) is 11.8 Å². The molecule has 2 nitrogen and oxygen atoms in total. The first-order valence-corrected chi connectivity index (χ1v) is 7.31. The molecule has 1 atom stereocenters. The summed E-state index contributed by atoms with van der Waals surface area (Å²) in [5.41, 5.74) is 1.39. The van der Waals surface area contributed by atoms with Gasteiger partial charge in [0.15, 0.2) is 0 Å². The number of hydrogen-bond acceptors (Lipinski definition) is 3. The van der Waals surface area contributed by atoms with Gasteiger partial charge in [-0.25, -0.2) is 4.98 Å². The Hall–Kier alpha value is -0.410. The van der Waals surface area contributed by atoms with E-state index in [-0.39, 0.29) is 0 Å². The Labute approximate surface area is 101 Å². The van der Waals surface area contributed by atoms with Gasteiger partial charge in [-0.3, -0.25) is 0 Å². The van der Waals surface area contributed by atoms with Crippen molar-refractivity contribution in [1.29, 1.82) is 0 Å². The van der Waals surface area contributed by atoms with Gasteiger partial charge in [0.2, 0.25) is 0 Å². The lowest BCUT2D eigenvalue weighted by atomic mass is 9.93. The van der Waals surface area contributed by atoms with E-state index < -0.39 is 0 Å². The second kappa shape index (κ2) is 4.46. The van der Waals surface area contributed by atoms with Gasteiger partial charge in [-0.05, 0) is 50.5 Å². The second-order valence-electron chi connectivity index (χ2n) is 5.40. The van der Waals surface area contributed by atoms with E-state index in [0.29, 0.717) is 0 Å². The van der Waals surface area contributed by atoms with Crippen LogP contribution in [-0.4, -0.2) is 11.5 Å². The van der Waals surface area contributed by atoms with Crippen molar-refractivity contribution in [1.82, 2.24) is 10.3 Å². The zero-order chi connectivity index (χ0) is 11.0. The van der Waals surface area contributed by atoms with Gasteiger partial charge >= 0.3 is 0 Å². The highest BCUT2D eigenvalue weighted by atomic mass is 32.1. The Kier molecular flexibility index (Phi) is 2.99. The number of hydrogen-bond donors (Lipinski definition) is 1. The van der Waals surface area contributed by atoms with Gasteiger partial charge in [-0.1, -0.05) is 6.92 Å². The van der Waals surface area contributed by atoms with Crippen molar-refractivity contribution in [3.63, 3.8) is 0 Å². The maximum atomic E-state index is 4.76. The zero-order valence-corrected chi connectivity index (χ0v) is 10.8. The minimum Gasteiger partial charge on any atom is -0.310 e. The van der Waals surface area contributed by atoms with Crippen LogP contribution in [0.4, 0.5) is 0 Å². The number of nitrogens with one attached hydrogen (secondary N) is 1. The first-order valence-electron chi connectivity index (χ1n) is 6.49. The molecule has 16 heavy (non-hydrogen) atoms. The van der Waals surface area contributed by atoms with Crippen LogP contribution in [0.3, 0.4) is 0 Å². The average molecular weight is 236 g/mol. The van der Waals surface area contributed by atoms with Crippen molar-refractivity contribution < 1.29 is 0 Å². The minimum atomic E-state index is 0.861. The Morgan fingerprint density at radius 1 is 1.38 bits per heavy atom. The van der Waals surface area contributed by atoms with E-state index in [2.05, 4.69) is 12.2 Å². The molecule has 0 bridgehead atoms. The smallest absolute Gasteiger partial charge is 0.107 e. The van der Waals surface area contributed by atoms with Gasteiger partial charge in [0.1, 0.15) is 5.01 Å². The number of nitrogens with zero attached hydrogens (tertiary/aromatic N) is 1. The molecule has 0 saturated heterocycles. The molecule has 0 amide bonds. The molecule has 1 aromatic rings. The first kappa shape index (κ1) is 10.7. The predicted molar refractivity (Wildman–Crippen MR) is 67.7 cm³/mol. The molecule has 1 heterocycles. The third-order valence-electron chi connectivity index (χ3n) is 3.64. The van der Waals surface area contributed by atoms with Crippen LogP contribution in [0.1, 0.15) is 41.8 Å². The van der Waals surface area contributed by atoms with E-state index in [1.807, 2.05) is 11.3 Å². The Morgan fingerprint density at radius 3 is 3.06 bits per heavy atom. The summed E-state index contributed by atoms with van der Waals surface area (Å²) in [5, 5.41) is 4.84. The molecule has 3 heteroatoms. The van der Waals surface area contributed by atoms with Crippen LogP contribution in [-0.2, 0) is 19.4 Å². The molecular weight excluding hydrogens is 216 g/mol. The Balaban J connectivity index is 1.58. The maximum absolute atomic E-state index is 4.76. The van der Waals surface area contributed by atoms with Gasteiger partial charge < -0.3 is 5.32 Å². The number of thiazole rings is 1. The minimum absolute atomic E-state index is 0.861. The fraction of sp³-hybridized carbons (Fsp3) is 0.769. The van der Waals surface area contributed by atoms with Gasteiger partial charge in [0, 0.05) is 11.4 Å². The van der Waals surface area contributed by atoms with Crippen molar-refractivity contribution in [2.75, 3.05) is 6.54 Å². The summed E-state index contributed by atoms with van der Waals surface area (Å²) in [6.07, 6.45) is 6.65. The highest BCUT2D eigenvalue weighted by Crippen LogP contribution is 2.30. The third-order valence-corrected chi connectivity index (χ3v) is 4.76. The van der Waals surface area contributed by atoms with Crippen molar-refractivity contribution in [2.24, 2.45) is 11.8 Å². The fourth-order valence-electron chi connectivity index (χ4n) is 2.37. The normalized spacial score (nSPS) is 24.4. The van der Waals surface area contributed by atoms with E-state index in [9.17, 15) is 0 Å². The van der Waals surface area contributed by atoms with Crippen LogP contribution >= 0.6 is 11.3 Å². The fourth-order valence-corrected chi connectivity index (χ4v) is 3.62. The van der Waals surface area contributed by atoms with Gasteiger partial charge in [-0.15, -0.1) is 11.3 Å². The molecule has 0 aliphatic heterocycles. The lowest BCUT2D eigenvalue weighted by Gasteiger charge is -2.15. The quantitative estimate of drug-likeness (QED) is 0.869.